The smallest absolute Gasteiger partial charge is 0.276 e. The summed E-state index contributed by atoms with van der Waals surface area (Å²) in [6, 6.07) is 3.42. The van der Waals surface area contributed by atoms with Crippen LogP contribution in [-0.4, -0.2) is 20.4 Å². The zero-order valence-corrected chi connectivity index (χ0v) is 13.5. The molecule has 0 radical (unpaired) electrons. The summed E-state index contributed by atoms with van der Waals surface area (Å²) >= 11 is 0. The number of nitrogens with one attached hydrogen (secondary N) is 2. The first-order valence-corrected chi connectivity index (χ1v) is 8.23. The number of carbonyl (C=O) groups is 1. The molecule has 1 saturated carbocycles. The third kappa shape index (κ3) is 2.19. The molecule has 0 bridgehead atoms. The van der Waals surface area contributed by atoms with Crippen LogP contribution in [0.5, 0.6) is 0 Å². The van der Waals surface area contributed by atoms with Crippen LogP contribution in [0.3, 0.4) is 0 Å². The molecule has 3 heterocycles. The van der Waals surface area contributed by atoms with E-state index >= 15 is 0 Å². The first kappa shape index (κ1) is 14.9. The second-order valence-electron chi connectivity index (χ2n) is 6.50. The Labute approximate surface area is 139 Å². The lowest BCUT2D eigenvalue weighted by Gasteiger charge is -2.35. The summed E-state index contributed by atoms with van der Waals surface area (Å²) in [6.07, 6.45) is 7.78. The van der Waals surface area contributed by atoms with Crippen LogP contribution in [0.1, 0.15) is 48.2 Å². The van der Waals surface area contributed by atoms with Crippen molar-refractivity contribution in [1.29, 1.82) is 0 Å². The largest absolute Gasteiger partial charge is 0.336 e. The van der Waals surface area contributed by atoms with Crippen molar-refractivity contribution in [3.63, 3.8) is 0 Å². The van der Waals surface area contributed by atoms with E-state index in [1.165, 1.54) is 6.33 Å². The van der Waals surface area contributed by atoms with Crippen LogP contribution in [0.25, 0.3) is 0 Å². The Bertz CT molecular complexity index is 853. The van der Waals surface area contributed by atoms with Gasteiger partial charge in [-0.2, -0.15) is 0 Å². The van der Waals surface area contributed by atoms with E-state index in [0.29, 0.717) is 17.2 Å². The van der Waals surface area contributed by atoms with Gasteiger partial charge in [0.2, 0.25) is 0 Å². The van der Waals surface area contributed by atoms with Crippen LogP contribution in [0.2, 0.25) is 0 Å². The average Bonchev–Trinajstić information content (AvgIpc) is 2.86. The molecule has 2 aliphatic rings. The monoisotopic (exact) mass is 325 g/mol. The number of anilines is 2. The molecule has 1 aliphatic heterocycles. The quantitative estimate of drug-likeness (QED) is 0.882. The molecule has 0 saturated heterocycles. The number of rotatable bonds is 2. The van der Waals surface area contributed by atoms with Crippen LogP contribution >= 0.6 is 0 Å². The molecule has 2 aromatic heterocycles. The molecule has 0 atom stereocenters. The molecular weight excluding hydrogens is 306 g/mol. The molecule has 7 nitrogen and oxygen atoms in total. The average molecular weight is 325 g/mol. The zero-order chi connectivity index (χ0) is 16.7. The Morgan fingerprint density at radius 1 is 1.25 bits per heavy atom. The van der Waals surface area contributed by atoms with Gasteiger partial charge in [-0.3, -0.25) is 14.2 Å². The Kier molecular flexibility index (Phi) is 3.37. The third-order valence-corrected chi connectivity index (χ3v) is 4.91. The number of aryl methyl sites for hydroxylation is 1. The minimum Gasteiger partial charge on any atom is -0.336 e. The van der Waals surface area contributed by atoms with Gasteiger partial charge in [-0.25, -0.2) is 9.97 Å². The molecule has 24 heavy (non-hydrogen) atoms. The number of nitrogens with zero attached hydrogens (tertiary/aromatic N) is 3. The molecular formula is C17H19N5O2. The van der Waals surface area contributed by atoms with Crippen LogP contribution < -0.4 is 16.2 Å². The van der Waals surface area contributed by atoms with Crippen molar-refractivity contribution in [2.45, 2.75) is 44.7 Å². The Morgan fingerprint density at radius 2 is 2.04 bits per heavy atom. The molecule has 1 amide bonds. The fourth-order valence-corrected chi connectivity index (χ4v) is 3.84. The first-order chi connectivity index (χ1) is 11.6. The lowest BCUT2D eigenvalue weighted by molar-refractivity contribution is 0.0876. The van der Waals surface area contributed by atoms with E-state index < -0.39 is 5.66 Å². The molecule has 7 heteroatoms. The van der Waals surface area contributed by atoms with E-state index in [2.05, 4.69) is 20.6 Å². The van der Waals surface area contributed by atoms with Crippen molar-refractivity contribution >= 4 is 17.4 Å². The van der Waals surface area contributed by atoms with Crippen molar-refractivity contribution in [3.8, 4) is 0 Å². The third-order valence-electron chi connectivity index (χ3n) is 4.91. The molecule has 4 rings (SSSR count). The van der Waals surface area contributed by atoms with Gasteiger partial charge in [-0.1, -0.05) is 6.42 Å². The molecule has 1 spiro atoms. The van der Waals surface area contributed by atoms with Crippen molar-refractivity contribution in [3.05, 3.63) is 46.3 Å². The number of fused-ring (bicyclic) bond motifs is 2. The number of amides is 1. The zero-order valence-electron chi connectivity index (χ0n) is 13.5. The minimum atomic E-state index is -0.574. The molecule has 124 valence electrons. The standard InChI is InChI=1S/C17H19N5O2/c1-11-9-12(20-13-5-8-18-10-19-13)16(24)22-14(11)15(23)21-17(22)6-3-2-4-7-17/h5,8-10H,2-4,6-7H2,1H3,(H,21,23)(H,18,19,20). The second-order valence-corrected chi connectivity index (χ2v) is 6.50. The highest BCUT2D eigenvalue weighted by atomic mass is 16.2. The maximum atomic E-state index is 13.1. The van der Waals surface area contributed by atoms with Crippen LogP contribution in [0.4, 0.5) is 11.5 Å². The number of aromatic nitrogens is 3. The molecule has 1 aliphatic carbocycles. The van der Waals surface area contributed by atoms with Gasteiger partial charge in [0.05, 0.1) is 0 Å². The highest BCUT2D eigenvalue weighted by Gasteiger charge is 2.45. The summed E-state index contributed by atoms with van der Waals surface area (Å²) < 4.78 is 1.67. The van der Waals surface area contributed by atoms with E-state index in [0.717, 1.165) is 37.7 Å². The highest BCUT2D eigenvalue weighted by Crippen LogP contribution is 2.37. The minimum absolute atomic E-state index is 0.153. The van der Waals surface area contributed by atoms with Gasteiger partial charge in [0, 0.05) is 6.20 Å². The number of pyridine rings is 1. The van der Waals surface area contributed by atoms with E-state index in [4.69, 9.17) is 0 Å². The predicted molar refractivity (Wildman–Crippen MR) is 89.3 cm³/mol. The maximum absolute atomic E-state index is 13.1. The van der Waals surface area contributed by atoms with Gasteiger partial charge in [0.25, 0.3) is 11.5 Å². The SMILES string of the molecule is Cc1cc(Nc2ccncn2)c(=O)n2c1C(=O)NC21CCCCC1. The topological polar surface area (TPSA) is 88.9 Å². The maximum Gasteiger partial charge on any atom is 0.276 e. The molecule has 1 fully saturated rings. The predicted octanol–water partition coefficient (Wildman–Crippen LogP) is 2.05. The Balaban J connectivity index is 1.85. The van der Waals surface area contributed by atoms with Gasteiger partial charge in [-0.15, -0.1) is 0 Å². The highest BCUT2D eigenvalue weighted by molar-refractivity contribution is 5.97. The van der Waals surface area contributed by atoms with Gasteiger partial charge < -0.3 is 10.6 Å². The summed E-state index contributed by atoms with van der Waals surface area (Å²) in [5.41, 5.74) is 0.933. The van der Waals surface area contributed by atoms with E-state index in [-0.39, 0.29) is 11.5 Å². The second kappa shape index (κ2) is 5.43. The molecule has 2 aromatic rings. The van der Waals surface area contributed by atoms with E-state index in [1.54, 1.807) is 22.9 Å². The lowest BCUT2D eigenvalue weighted by atomic mass is 9.89. The summed E-state index contributed by atoms with van der Waals surface area (Å²) in [4.78, 5) is 33.5. The van der Waals surface area contributed by atoms with Crippen molar-refractivity contribution in [2.24, 2.45) is 0 Å². The molecule has 0 aromatic carbocycles. The molecule has 0 unspecified atom stereocenters. The Morgan fingerprint density at radius 3 is 2.75 bits per heavy atom. The van der Waals surface area contributed by atoms with Crippen LogP contribution in [0.15, 0.2) is 29.5 Å². The van der Waals surface area contributed by atoms with Crippen molar-refractivity contribution < 1.29 is 4.79 Å². The Hall–Kier alpha value is -2.70. The van der Waals surface area contributed by atoms with Gasteiger partial charge >= 0.3 is 0 Å². The van der Waals surface area contributed by atoms with Gasteiger partial charge in [0.1, 0.15) is 29.2 Å². The molecule has 2 N–H and O–H groups in total. The van der Waals surface area contributed by atoms with Crippen molar-refractivity contribution in [1.82, 2.24) is 19.9 Å². The van der Waals surface area contributed by atoms with E-state index in [1.807, 2.05) is 6.92 Å². The number of carbonyl (C=O) groups excluding carboxylic acids is 1. The summed E-state index contributed by atoms with van der Waals surface area (Å²) in [5.74, 6) is 0.400. The van der Waals surface area contributed by atoms with Gasteiger partial charge in [0.15, 0.2) is 0 Å². The number of hydrogen-bond acceptors (Lipinski definition) is 5. The lowest BCUT2D eigenvalue weighted by Crippen LogP contribution is -2.48. The summed E-state index contributed by atoms with van der Waals surface area (Å²) in [5, 5.41) is 6.13. The summed E-state index contributed by atoms with van der Waals surface area (Å²) in [7, 11) is 0. The normalized spacial score (nSPS) is 18.3. The fraction of sp³-hybridized carbons (Fsp3) is 0.412. The van der Waals surface area contributed by atoms with Gasteiger partial charge in [-0.05, 0) is 50.3 Å². The van der Waals surface area contributed by atoms with Crippen LogP contribution in [0, 0.1) is 6.92 Å². The fourth-order valence-electron chi connectivity index (χ4n) is 3.84. The van der Waals surface area contributed by atoms with E-state index in [9.17, 15) is 9.59 Å². The van der Waals surface area contributed by atoms with Crippen molar-refractivity contribution in [2.75, 3.05) is 5.32 Å². The summed E-state index contributed by atoms with van der Waals surface area (Å²) in [6.45, 7) is 1.86. The first-order valence-electron chi connectivity index (χ1n) is 8.23. The van der Waals surface area contributed by atoms with Crippen LogP contribution in [-0.2, 0) is 5.66 Å². The number of hydrogen-bond donors (Lipinski definition) is 2.